The van der Waals surface area contributed by atoms with Crippen LogP contribution in [0.4, 0.5) is 4.79 Å². The number of aliphatic hydroxyl groups is 1. The Morgan fingerprint density at radius 1 is 1.40 bits per heavy atom. The van der Waals surface area contributed by atoms with Gasteiger partial charge in [-0.25, -0.2) is 4.79 Å². The minimum atomic E-state index is -0.477. The molecule has 1 aliphatic carbocycles. The van der Waals surface area contributed by atoms with E-state index in [-0.39, 0.29) is 12.1 Å². The van der Waals surface area contributed by atoms with Gasteiger partial charge in [-0.05, 0) is 40.0 Å². The average Bonchev–Trinajstić information content (AvgIpc) is 2.47. The van der Waals surface area contributed by atoms with Crippen LogP contribution < -0.4 is 0 Å². The van der Waals surface area contributed by atoms with Crippen molar-refractivity contribution in [2.24, 2.45) is 0 Å². The van der Waals surface area contributed by atoms with Crippen molar-refractivity contribution in [2.75, 3.05) is 7.05 Å². The van der Waals surface area contributed by atoms with Crippen LogP contribution in [-0.4, -0.2) is 40.9 Å². The zero-order chi connectivity index (χ0) is 11.6. The molecule has 88 valence electrons. The first-order valence-corrected chi connectivity index (χ1v) is 5.45. The number of nitrogens with zero attached hydrogens (tertiary/aromatic N) is 1. The summed E-state index contributed by atoms with van der Waals surface area (Å²) in [4.78, 5) is 13.2. The Labute approximate surface area is 91.2 Å². The molecule has 1 aliphatic rings. The van der Waals surface area contributed by atoms with E-state index in [0.29, 0.717) is 0 Å². The van der Waals surface area contributed by atoms with Gasteiger partial charge in [0.15, 0.2) is 0 Å². The van der Waals surface area contributed by atoms with Crippen LogP contribution >= 0.6 is 0 Å². The Balaban J connectivity index is 2.52. The number of likely N-dealkylation sites (N-methyl/N-ethyl adjacent to an activating group) is 1. The van der Waals surface area contributed by atoms with Gasteiger partial charge in [-0.3, -0.25) is 0 Å². The van der Waals surface area contributed by atoms with Gasteiger partial charge < -0.3 is 14.7 Å². The molecule has 4 heteroatoms. The SMILES string of the molecule is CN(C(=O)OC(C)(C)C)C1CCCC1O. The van der Waals surface area contributed by atoms with Crippen molar-refractivity contribution in [1.29, 1.82) is 0 Å². The van der Waals surface area contributed by atoms with Crippen molar-refractivity contribution in [1.82, 2.24) is 4.90 Å². The van der Waals surface area contributed by atoms with Gasteiger partial charge in [0.25, 0.3) is 0 Å². The van der Waals surface area contributed by atoms with Crippen LogP contribution in [0.5, 0.6) is 0 Å². The highest BCUT2D eigenvalue weighted by Gasteiger charge is 2.33. The molecule has 0 radical (unpaired) electrons. The van der Waals surface area contributed by atoms with E-state index in [1.807, 2.05) is 20.8 Å². The molecule has 15 heavy (non-hydrogen) atoms. The lowest BCUT2D eigenvalue weighted by atomic mass is 10.2. The van der Waals surface area contributed by atoms with E-state index in [0.717, 1.165) is 19.3 Å². The molecule has 0 aliphatic heterocycles. The molecular weight excluding hydrogens is 194 g/mol. The normalized spacial score (nSPS) is 26.5. The fourth-order valence-corrected chi connectivity index (χ4v) is 1.84. The van der Waals surface area contributed by atoms with Crippen molar-refractivity contribution in [3.05, 3.63) is 0 Å². The minimum Gasteiger partial charge on any atom is -0.444 e. The van der Waals surface area contributed by atoms with E-state index in [1.54, 1.807) is 7.05 Å². The average molecular weight is 215 g/mol. The molecule has 0 aromatic heterocycles. The van der Waals surface area contributed by atoms with Crippen molar-refractivity contribution in [3.63, 3.8) is 0 Å². The zero-order valence-electron chi connectivity index (χ0n) is 9.99. The van der Waals surface area contributed by atoms with Crippen LogP contribution in [0, 0.1) is 0 Å². The number of ether oxygens (including phenoxy) is 1. The third-order valence-electron chi connectivity index (χ3n) is 2.62. The first-order valence-electron chi connectivity index (χ1n) is 5.45. The van der Waals surface area contributed by atoms with E-state index in [4.69, 9.17) is 4.74 Å². The summed E-state index contributed by atoms with van der Waals surface area (Å²) in [7, 11) is 1.69. The number of hydrogen-bond donors (Lipinski definition) is 1. The van der Waals surface area contributed by atoms with E-state index in [2.05, 4.69) is 0 Å². The monoisotopic (exact) mass is 215 g/mol. The maximum Gasteiger partial charge on any atom is 0.410 e. The molecule has 2 unspecified atom stereocenters. The van der Waals surface area contributed by atoms with Crippen molar-refractivity contribution in [3.8, 4) is 0 Å². The lowest BCUT2D eigenvalue weighted by Crippen LogP contribution is -2.44. The number of hydrogen-bond acceptors (Lipinski definition) is 3. The third kappa shape index (κ3) is 3.38. The quantitative estimate of drug-likeness (QED) is 0.725. The predicted molar refractivity (Wildman–Crippen MR) is 57.6 cm³/mol. The van der Waals surface area contributed by atoms with Crippen molar-refractivity contribution < 1.29 is 14.6 Å². The molecule has 2 atom stereocenters. The van der Waals surface area contributed by atoms with Crippen LogP contribution in [0.3, 0.4) is 0 Å². The summed E-state index contributed by atoms with van der Waals surface area (Å²) in [6.07, 6.45) is 1.85. The zero-order valence-corrected chi connectivity index (χ0v) is 9.99. The second-order valence-corrected chi connectivity index (χ2v) is 5.16. The molecule has 0 spiro atoms. The molecule has 1 N–H and O–H groups in total. The Bertz CT molecular complexity index is 234. The number of amides is 1. The van der Waals surface area contributed by atoms with Gasteiger partial charge in [-0.1, -0.05) is 0 Å². The first-order chi connectivity index (χ1) is 6.81. The number of rotatable bonds is 1. The molecule has 1 fully saturated rings. The molecule has 0 aromatic rings. The highest BCUT2D eigenvalue weighted by Crippen LogP contribution is 2.24. The summed E-state index contributed by atoms with van der Waals surface area (Å²) in [5.41, 5.74) is -0.477. The lowest BCUT2D eigenvalue weighted by molar-refractivity contribution is 0.00834. The number of carbonyl (C=O) groups is 1. The van der Waals surface area contributed by atoms with Gasteiger partial charge >= 0.3 is 6.09 Å². The van der Waals surface area contributed by atoms with Gasteiger partial charge in [0.05, 0.1) is 12.1 Å². The van der Waals surface area contributed by atoms with Gasteiger partial charge in [-0.15, -0.1) is 0 Å². The second-order valence-electron chi connectivity index (χ2n) is 5.16. The second kappa shape index (κ2) is 4.39. The van der Waals surface area contributed by atoms with Gasteiger partial charge in [0.2, 0.25) is 0 Å². The van der Waals surface area contributed by atoms with Crippen LogP contribution in [0.2, 0.25) is 0 Å². The van der Waals surface area contributed by atoms with Gasteiger partial charge in [0.1, 0.15) is 5.60 Å². The summed E-state index contributed by atoms with van der Waals surface area (Å²) in [5, 5.41) is 9.66. The molecule has 0 aromatic carbocycles. The van der Waals surface area contributed by atoms with Crippen LogP contribution in [0.25, 0.3) is 0 Å². The fraction of sp³-hybridized carbons (Fsp3) is 0.909. The largest absolute Gasteiger partial charge is 0.444 e. The molecule has 0 bridgehead atoms. The molecule has 1 saturated carbocycles. The Hall–Kier alpha value is -0.770. The van der Waals surface area contributed by atoms with Crippen LogP contribution in [0.15, 0.2) is 0 Å². The highest BCUT2D eigenvalue weighted by atomic mass is 16.6. The molecule has 1 rings (SSSR count). The van der Waals surface area contributed by atoms with Gasteiger partial charge in [-0.2, -0.15) is 0 Å². The molecule has 1 amide bonds. The van der Waals surface area contributed by atoms with Gasteiger partial charge in [0, 0.05) is 7.05 Å². The molecule has 0 saturated heterocycles. The standard InChI is InChI=1S/C11H21NO3/c1-11(2,3)15-10(14)12(4)8-6-5-7-9(8)13/h8-9,13H,5-7H2,1-4H3. The van der Waals surface area contributed by atoms with E-state index < -0.39 is 11.7 Å². The van der Waals surface area contributed by atoms with Crippen molar-refractivity contribution in [2.45, 2.75) is 57.8 Å². The van der Waals surface area contributed by atoms with Crippen LogP contribution in [0.1, 0.15) is 40.0 Å². The summed E-state index contributed by atoms with van der Waals surface area (Å²) >= 11 is 0. The third-order valence-corrected chi connectivity index (χ3v) is 2.62. The maximum atomic E-state index is 11.7. The topological polar surface area (TPSA) is 49.8 Å². The number of aliphatic hydroxyl groups excluding tert-OH is 1. The molecule has 4 nitrogen and oxygen atoms in total. The van der Waals surface area contributed by atoms with E-state index in [1.165, 1.54) is 4.90 Å². The highest BCUT2D eigenvalue weighted by molar-refractivity contribution is 5.68. The fourth-order valence-electron chi connectivity index (χ4n) is 1.84. The smallest absolute Gasteiger partial charge is 0.410 e. The van der Waals surface area contributed by atoms with E-state index >= 15 is 0 Å². The number of carbonyl (C=O) groups excluding carboxylic acids is 1. The summed E-state index contributed by atoms with van der Waals surface area (Å²) in [5.74, 6) is 0. The minimum absolute atomic E-state index is 0.0835. The maximum absolute atomic E-state index is 11.7. The Morgan fingerprint density at radius 3 is 2.40 bits per heavy atom. The van der Waals surface area contributed by atoms with E-state index in [9.17, 15) is 9.90 Å². The molecule has 0 heterocycles. The summed E-state index contributed by atoms with van der Waals surface area (Å²) in [6, 6.07) is -0.0835. The first kappa shape index (κ1) is 12.3. The summed E-state index contributed by atoms with van der Waals surface area (Å²) < 4.78 is 5.24. The Morgan fingerprint density at radius 2 is 2.00 bits per heavy atom. The Kier molecular flexibility index (Phi) is 3.60. The van der Waals surface area contributed by atoms with Crippen LogP contribution in [-0.2, 0) is 4.74 Å². The van der Waals surface area contributed by atoms with Crippen molar-refractivity contribution >= 4 is 6.09 Å². The molecular formula is C11H21NO3. The lowest BCUT2D eigenvalue weighted by Gasteiger charge is -2.30. The summed E-state index contributed by atoms with van der Waals surface area (Å²) in [6.45, 7) is 5.51. The predicted octanol–water partition coefficient (Wildman–Crippen LogP) is 1.77.